The number of esters is 2. The lowest BCUT2D eigenvalue weighted by atomic mass is 10.00. The Morgan fingerprint density at radius 3 is 1.32 bits per heavy atom. The molecule has 2 aliphatic heterocycles. The van der Waals surface area contributed by atoms with Gasteiger partial charge in [-0.3, -0.25) is 14.1 Å². The summed E-state index contributed by atoms with van der Waals surface area (Å²) in [6.45, 7) is 8.63. The Labute approximate surface area is 438 Å². The Morgan fingerprint density at radius 1 is 0.595 bits per heavy atom. The van der Waals surface area contributed by atoms with E-state index >= 15 is 0 Å². The minimum atomic E-state index is -4.29. The molecule has 2 aliphatic rings. The van der Waals surface area contributed by atoms with E-state index in [4.69, 9.17) is 33.1 Å². The molecule has 13 nitrogen and oxygen atoms in total. The maximum atomic E-state index is 13.8. The number of benzene rings is 4. The zero-order valence-corrected chi connectivity index (χ0v) is 43.7. The van der Waals surface area contributed by atoms with Crippen molar-refractivity contribution in [1.29, 1.82) is 0 Å². The molecule has 22 heteroatoms. The van der Waals surface area contributed by atoms with Crippen LogP contribution in [0.1, 0.15) is 89.4 Å². The van der Waals surface area contributed by atoms with Gasteiger partial charge in [0.1, 0.15) is 40.4 Å². The summed E-state index contributed by atoms with van der Waals surface area (Å²) in [4.78, 5) is 23.5. The predicted molar refractivity (Wildman–Crippen MR) is 274 cm³/mol. The largest absolute Gasteiger partial charge is 0.462 e. The lowest BCUT2D eigenvalue weighted by Crippen LogP contribution is -2.33. The average Bonchev–Trinajstić information content (AvgIpc) is 3.85. The highest BCUT2D eigenvalue weighted by Gasteiger charge is 2.35. The van der Waals surface area contributed by atoms with Gasteiger partial charge >= 0.3 is 21.3 Å². The first kappa shape index (κ1) is 59.4. The van der Waals surface area contributed by atoms with Crippen LogP contribution >= 0.6 is 21.4 Å². The summed E-state index contributed by atoms with van der Waals surface area (Å²) in [5, 5.41) is 20.0. The molecule has 2 aromatic heterocycles. The lowest BCUT2D eigenvalue weighted by Gasteiger charge is -2.27. The minimum absolute atomic E-state index is 0. The van der Waals surface area contributed by atoms with Gasteiger partial charge in [0.05, 0.1) is 36.4 Å². The fraction of sp³-hybridized carbons (Fsp3) is 0.346. The number of carbonyl (C=O) groups excluding carboxylic acids is 2. The molecule has 2 unspecified atom stereocenters. The predicted octanol–water partition coefficient (Wildman–Crippen LogP) is 10.9. The van der Waals surface area contributed by atoms with Gasteiger partial charge in [-0.2, -0.15) is 8.42 Å². The standard InChI is InChI=1S/C26H26ClF2NO5S.C26H27F2NO3.B.ClHO3S/c1-15(2)24-26(36(27,33)34)23(16-3-7-18(28)8-4-16)25(17-5-9-19(29)10-6-17)30(24)12-11-21-13-20(31)14-22(32)35-21;1-16(2)24-15-23(17-3-7-19(27)8-4-17)26(18-5-9-20(28)10-6-18)29(24)12-11-22-13-21(30)14-25(31)32-22;;1-5(2,3)4/h3-10,15,20-21,31H,11-14H2,1-2H3;3-10,15-16,21-22,30H,11-14H2,1-2H3;;(H,2,3,4)/t20-,21?;21-,22?;;/m11../s1. The van der Waals surface area contributed by atoms with Crippen LogP contribution in [-0.4, -0.2) is 85.5 Å². The first-order chi connectivity index (χ1) is 34.3. The summed E-state index contributed by atoms with van der Waals surface area (Å²) in [7, 11) is 1.58. The van der Waals surface area contributed by atoms with E-state index in [1.807, 2.05) is 13.8 Å². The Hall–Kier alpha value is -5.48. The van der Waals surface area contributed by atoms with Crippen LogP contribution in [0.2, 0.25) is 0 Å². The number of aromatic nitrogens is 2. The van der Waals surface area contributed by atoms with Crippen molar-refractivity contribution >= 4 is 60.1 Å². The zero-order chi connectivity index (χ0) is 53.5. The Balaban J connectivity index is 0.000000249. The van der Waals surface area contributed by atoms with Crippen molar-refractivity contribution in [3.8, 4) is 44.8 Å². The van der Waals surface area contributed by atoms with Gasteiger partial charge in [0.2, 0.25) is 0 Å². The molecule has 4 heterocycles. The molecule has 4 atom stereocenters. The molecular weight excluding hydrogens is 1050 g/mol. The van der Waals surface area contributed by atoms with Crippen LogP contribution in [0.4, 0.5) is 17.6 Å². The average molecular weight is 1100 g/mol. The lowest BCUT2D eigenvalue weighted by molar-refractivity contribution is -0.161. The van der Waals surface area contributed by atoms with Crippen LogP contribution < -0.4 is 0 Å². The smallest absolute Gasteiger partial charge is 0.353 e. The highest BCUT2D eigenvalue weighted by molar-refractivity contribution is 8.14. The molecule has 0 bridgehead atoms. The summed E-state index contributed by atoms with van der Waals surface area (Å²) >= 11 is 0. The third-order valence-electron chi connectivity index (χ3n) is 12.1. The Kier molecular flexibility index (Phi) is 20.4. The van der Waals surface area contributed by atoms with Crippen molar-refractivity contribution in [3.05, 3.63) is 138 Å². The molecule has 0 saturated carbocycles. The van der Waals surface area contributed by atoms with Gasteiger partial charge < -0.3 is 28.8 Å². The first-order valence-electron chi connectivity index (χ1n) is 23.2. The van der Waals surface area contributed by atoms with Crippen molar-refractivity contribution in [1.82, 2.24) is 9.13 Å². The first-order valence-corrected chi connectivity index (χ1v) is 27.7. The summed E-state index contributed by atoms with van der Waals surface area (Å²) in [5.41, 5.74) is 6.75. The third-order valence-corrected chi connectivity index (χ3v) is 13.5. The topological polar surface area (TPSA) is 191 Å². The molecule has 0 spiro atoms. The van der Waals surface area contributed by atoms with E-state index in [-0.39, 0.29) is 80.2 Å². The van der Waals surface area contributed by atoms with E-state index in [1.54, 1.807) is 28.8 Å². The molecule has 6 aromatic rings. The van der Waals surface area contributed by atoms with Crippen molar-refractivity contribution < 1.29 is 68.2 Å². The summed E-state index contributed by atoms with van der Waals surface area (Å²) < 4.78 is 121. The molecule has 3 N–H and O–H groups in total. The Morgan fingerprint density at radius 2 is 0.959 bits per heavy atom. The van der Waals surface area contributed by atoms with E-state index in [1.165, 1.54) is 72.8 Å². The fourth-order valence-corrected chi connectivity index (χ4v) is 10.7. The normalized spacial score (nSPS) is 17.9. The quantitative estimate of drug-likeness (QED) is 0.0328. The van der Waals surface area contributed by atoms with Gasteiger partial charge in [-0.15, -0.1) is 0 Å². The van der Waals surface area contributed by atoms with Crippen LogP contribution in [-0.2, 0) is 50.5 Å². The highest BCUT2D eigenvalue weighted by atomic mass is 35.7. The summed E-state index contributed by atoms with van der Waals surface area (Å²) in [6.07, 6.45) is -0.905. The van der Waals surface area contributed by atoms with Crippen molar-refractivity contribution in [2.75, 3.05) is 0 Å². The van der Waals surface area contributed by atoms with E-state index in [9.17, 15) is 45.8 Å². The number of nitrogens with zero attached hydrogens (tertiary/aromatic N) is 2. The third kappa shape index (κ3) is 15.8. The van der Waals surface area contributed by atoms with Gasteiger partial charge in [-0.05, 0) is 113 Å². The number of halogens is 6. The molecule has 74 heavy (non-hydrogen) atoms. The number of hydrogen-bond donors (Lipinski definition) is 3. The molecule has 3 radical (unpaired) electrons. The maximum Gasteiger partial charge on any atom is 0.353 e. The van der Waals surface area contributed by atoms with Crippen molar-refractivity contribution in [2.45, 2.75) is 120 Å². The van der Waals surface area contributed by atoms with Gasteiger partial charge in [0.15, 0.2) is 0 Å². The second kappa shape index (κ2) is 25.4. The number of carbonyl (C=O) groups is 2. The van der Waals surface area contributed by atoms with E-state index < -0.39 is 54.3 Å². The SMILES string of the molecule is CC(C)c1c(S(=O)(=O)Cl)c(-c2ccc(F)cc2)c(-c2ccc(F)cc2)n1CCC1C[C@@H](O)CC(=O)O1.CC(C)c1cc(-c2ccc(F)cc2)c(-c2ccc(F)cc2)n1CCC1C[C@@H](O)CC(=O)O1.O=S(=O)(O)Cl.[B]. The van der Waals surface area contributed by atoms with Gasteiger partial charge in [0, 0.05) is 91.1 Å². The molecule has 0 aliphatic carbocycles. The zero-order valence-electron chi connectivity index (χ0n) is 40.6. The molecule has 8 rings (SSSR count). The monoisotopic (exact) mass is 1100 g/mol. The molecule has 395 valence electrons. The molecule has 2 saturated heterocycles. The molecule has 0 amide bonds. The van der Waals surface area contributed by atoms with Crippen LogP contribution in [0.15, 0.2) is 108 Å². The number of aliphatic hydroxyl groups excluding tert-OH is 2. The van der Waals surface area contributed by atoms with Gasteiger partial charge in [-0.1, -0.05) is 52.0 Å². The summed E-state index contributed by atoms with van der Waals surface area (Å²) in [5.74, 6) is -2.55. The number of rotatable bonds is 13. The second-order valence-corrected chi connectivity index (χ2v) is 22.7. The van der Waals surface area contributed by atoms with Crippen molar-refractivity contribution in [3.63, 3.8) is 0 Å². The number of aliphatic hydroxyl groups is 2. The van der Waals surface area contributed by atoms with Crippen molar-refractivity contribution in [2.24, 2.45) is 0 Å². The number of hydrogen-bond acceptors (Lipinski definition) is 10. The van der Waals surface area contributed by atoms with Crippen LogP contribution in [0.25, 0.3) is 44.8 Å². The molecular formula is C52H54BCl2F4N2O11S2. The highest BCUT2D eigenvalue weighted by Crippen LogP contribution is 2.46. The van der Waals surface area contributed by atoms with Crippen LogP contribution in [0.5, 0.6) is 0 Å². The summed E-state index contributed by atoms with van der Waals surface area (Å²) in [6, 6.07) is 25.8. The Bertz CT molecular complexity index is 3110. The number of ether oxygens (including phenoxy) is 2. The molecule has 4 aromatic carbocycles. The van der Waals surface area contributed by atoms with Crippen LogP contribution in [0.3, 0.4) is 0 Å². The number of cyclic esters (lactones) is 2. The van der Waals surface area contributed by atoms with Gasteiger partial charge in [-0.25, -0.2) is 26.0 Å². The van der Waals surface area contributed by atoms with E-state index in [2.05, 4.69) is 35.2 Å². The maximum absolute atomic E-state index is 13.8. The van der Waals surface area contributed by atoms with Crippen LogP contribution in [0, 0.1) is 23.3 Å². The minimum Gasteiger partial charge on any atom is -0.462 e. The van der Waals surface area contributed by atoms with E-state index in [0.717, 1.165) is 28.1 Å². The second-order valence-electron chi connectivity index (χ2n) is 18.2. The van der Waals surface area contributed by atoms with E-state index in [0.29, 0.717) is 48.3 Å². The molecule has 2 fully saturated rings. The van der Waals surface area contributed by atoms with Gasteiger partial charge in [0.25, 0.3) is 9.05 Å². The fourth-order valence-electron chi connectivity index (χ4n) is 9.14.